The zero-order valence-corrected chi connectivity index (χ0v) is 16.3. The number of benzene rings is 1. The molecule has 0 fully saturated rings. The van der Waals surface area contributed by atoms with Gasteiger partial charge in [-0.15, -0.1) is 0 Å². The van der Waals surface area contributed by atoms with Gasteiger partial charge in [0, 0.05) is 24.3 Å². The number of sulfone groups is 1. The van der Waals surface area contributed by atoms with Gasteiger partial charge in [0.05, 0.1) is 30.0 Å². The third kappa shape index (κ3) is 4.64. The molecule has 0 saturated carbocycles. The molecule has 144 valence electrons. The Morgan fingerprint density at radius 3 is 2.74 bits per heavy atom. The van der Waals surface area contributed by atoms with Crippen molar-refractivity contribution in [1.29, 1.82) is 0 Å². The quantitative estimate of drug-likeness (QED) is 0.810. The van der Waals surface area contributed by atoms with Crippen LogP contribution in [-0.2, 0) is 32.3 Å². The number of nitrogens with zero attached hydrogens (tertiary/aromatic N) is 2. The molecule has 0 unspecified atom stereocenters. The number of amides is 2. The molecular formula is C17H19N3O5S2. The summed E-state index contributed by atoms with van der Waals surface area (Å²) < 4.78 is 29.2. The highest BCUT2D eigenvalue weighted by Crippen LogP contribution is 2.28. The molecule has 1 aromatic heterocycles. The van der Waals surface area contributed by atoms with E-state index in [1.54, 1.807) is 23.1 Å². The Kier molecular flexibility index (Phi) is 5.76. The topological polar surface area (TPSA) is 106 Å². The van der Waals surface area contributed by atoms with Crippen molar-refractivity contribution in [2.24, 2.45) is 0 Å². The van der Waals surface area contributed by atoms with Crippen molar-refractivity contribution in [3.63, 3.8) is 0 Å². The fraction of sp³-hybridized carbons (Fsp3) is 0.353. The van der Waals surface area contributed by atoms with E-state index in [4.69, 9.17) is 0 Å². The van der Waals surface area contributed by atoms with Gasteiger partial charge < -0.3 is 9.64 Å². The van der Waals surface area contributed by atoms with E-state index >= 15 is 0 Å². The molecule has 0 aliphatic carbocycles. The molecule has 1 N–H and O–H groups in total. The highest BCUT2D eigenvalue weighted by molar-refractivity contribution is 7.91. The van der Waals surface area contributed by atoms with Gasteiger partial charge in [0.25, 0.3) is 0 Å². The number of anilines is 1. The molecule has 0 bridgehead atoms. The van der Waals surface area contributed by atoms with E-state index in [1.807, 2.05) is 0 Å². The van der Waals surface area contributed by atoms with Gasteiger partial charge >= 0.3 is 6.09 Å². The molecule has 0 saturated heterocycles. The van der Waals surface area contributed by atoms with Crippen LogP contribution in [0.4, 0.5) is 9.93 Å². The number of hydrogen-bond donors (Lipinski definition) is 1. The number of carbonyl (C=O) groups excluding carboxylic acids is 2. The molecule has 27 heavy (non-hydrogen) atoms. The summed E-state index contributed by atoms with van der Waals surface area (Å²) in [6.45, 7) is 0.832. The first-order chi connectivity index (χ1) is 12.9. The Morgan fingerprint density at radius 1 is 1.30 bits per heavy atom. The predicted octanol–water partition coefficient (Wildman–Crippen LogP) is 2.07. The van der Waals surface area contributed by atoms with Gasteiger partial charge in [-0.1, -0.05) is 29.5 Å². The van der Waals surface area contributed by atoms with E-state index in [0.717, 1.165) is 10.6 Å². The van der Waals surface area contributed by atoms with E-state index in [9.17, 15) is 18.0 Å². The van der Waals surface area contributed by atoms with Crippen molar-refractivity contribution in [2.75, 3.05) is 24.7 Å². The lowest BCUT2D eigenvalue weighted by Crippen LogP contribution is -2.36. The third-order valence-electron chi connectivity index (χ3n) is 4.17. The molecule has 1 aromatic carbocycles. The van der Waals surface area contributed by atoms with Gasteiger partial charge in [0.15, 0.2) is 15.0 Å². The second-order valence-electron chi connectivity index (χ2n) is 5.95. The summed E-state index contributed by atoms with van der Waals surface area (Å²) in [4.78, 5) is 30.8. The van der Waals surface area contributed by atoms with Crippen molar-refractivity contribution in [1.82, 2.24) is 9.88 Å². The lowest BCUT2D eigenvalue weighted by Gasteiger charge is -2.26. The summed E-state index contributed by atoms with van der Waals surface area (Å²) >= 11 is 1.29. The van der Waals surface area contributed by atoms with E-state index in [2.05, 4.69) is 15.0 Å². The smallest absolute Gasteiger partial charge is 0.413 e. The van der Waals surface area contributed by atoms with E-state index in [-0.39, 0.29) is 23.0 Å². The van der Waals surface area contributed by atoms with Crippen molar-refractivity contribution in [2.45, 2.75) is 24.3 Å². The number of thiazole rings is 1. The van der Waals surface area contributed by atoms with Crippen LogP contribution in [0.25, 0.3) is 0 Å². The molecule has 10 heteroatoms. The lowest BCUT2D eigenvalue weighted by atomic mass is 10.1. The van der Waals surface area contributed by atoms with E-state index in [1.165, 1.54) is 30.6 Å². The minimum atomic E-state index is -3.49. The number of fused-ring (bicyclic) bond motifs is 1. The van der Waals surface area contributed by atoms with Gasteiger partial charge in [-0.2, -0.15) is 0 Å². The number of hydrogen-bond acceptors (Lipinski definition) is 7. The maximum Gasteiger partial charge on any atom is 0.413 e. The zero-order chi connectivity index (χ0) is 19.4. The number of ether oxygens (including phenoxy) is 1. The monoisotopic (exact) mass is 409 g/mol. The van der Waals surface area contributed by atoms with Crippen LogP contribution in [-0.4, -0.2) is 49.7 Å². The summed E-state index contributed by atoms with van der Waals surface area (Å²) in [6, 6.07) is 8.11. The molecule has 1 aliphatic heterocycles. The molecular weight excluding hydrogens is 390 g/mol. The summed E-state index contributed by atoms with van der Waals surface area (Å²) in [6.07, 6.45) is -0.107. The fourth-order valence-corrected chi connectivity index (χ4v) is 4.99. The van der Waals surface area contributed by atoms with Gasteiger partial charge in [-0.3, -0.25) is 10.1 Å². The zero-order valence-electron chi connectivity index (χ0n) is 14.7. The fourth-order valence-electron chi connectivity index (χ4n) is 2.73. The first kappa shape index (κ1) is 19.3. The van der Waals surface area contributed by atoms with Crippen molar-refractivity contribution in [3.05, 3.63) is 40.9 Å². The van der Waals surface area contributed by atoms with Crippen LogP contribution < -0.4 is 5.32 Å². The van der Waals surface area contributed by atoms with E-state index < -0.39 is 15.9 Å². The average Bonchev–Trinajstić information content (AvgIpc) is 3.08. The van der Waals surface area contributed by atoms with Gasteiger partial charge in [0.2, 0.25) is 5.91 Å². The Balaban J connectivity index is 1.60. The molecule has 8 nitrogen and oxygen atoms in total. The molecule has 2 aromatic rings. The van der Waals surface area contributed by atoms with Crippen molar-refractivity contribution in [3.8, 4) is 0 Å². The van der Waals surface area contributed by atoms with Crippen molar-refractivity contribution >= 4 is 38.3 Å². The molecule has 2 heterocycles. The van der Waals surface area contributed by atoms with E-state index in [0.29, 0.717) is 24.6 Å². The molecule has 0 radical (unpaired) electrons. The summed E-state index contributed by atoms with van der Waals surface area (Å²) in [5, 5.41) is 2.94. The van der Waals surface area contributed by atoms with Crippen LogP contribution in [0.1, 0.15) is 17.0 Å². The first-order valence-corrected chi connectivity index (χ1v) is 10.7. The first-order valence-electron chi connectivity index (χ1n) is 8.28. The second-order valence-corrected chi connectivity index (χ2v) is 9.15. The standard InChI is InChI=1S/C17H19N3O5S2/c1-25-17(22)19-16-18-13-7-9-20(11-14(13)26-16)15(21)8-10-27(23,24)12-5-3-2-4-6-12/h2-6H,7-11H2,1H3,(H,18,19,22). The van der Waals surface area contributed by atoms with Crippen LogP contribution >= 0.6 is 11.3 Å². The van der Waals surface area contributed by atoms with Crippen LogP contribution in [0.5, 0.6) is 0 Å². The number of rotatable bonds is 5. The highest BCUT2D eigenvalue weighted by atomic mass is 32.2. The van der Waals surface area contributed by atoms with Crippen LogP contribution in [0, 0.1) is 0 Å². The van der Waals surface area contributed by atoms with Crippen LogP contribution in [0.2, 0.25) is 0 Å². The van der Waals surface area contributed by atoms with Crippen LogP contribution in [0.3, 0.4) is 0 Å². The molecule has 0 atom stereocenters. The summed E-state index contributed by atoms with van der Waals surface area (Å²) in [5.74, 6) is -0.437. The van der Waals surface area contributed by atoms with Crippen LogP contribution in [0.15, 0.2) is 35.2 Å². The molecule has 1 aliphatic rings. The average molecular weight is 409 g/mol. The minimum Gasteiger partial charge on any atom is -0.453 e. The predicted molar refractivity (Wildman–Crippen MR) is 100 cm³/mol. The second kappa shape index (κ2) is 8.05. The number of methoxy groups -OCH3 is 1. The normalized spacial score (nSPS) is 13.7. The summed E-state index contributed by atoms with van der Waals surface area (Å²) in [5.41, 5.74) is 0.840. The number of aromatic nitrogens is 1. The highest BCUT2D eigenvalue weighted by Gasteiger charge is 2.26. The Morgan fingerprint density at radius 2 is 2.04 bits per heavy atom. The largest absolute Gasteiger partial charge is 0.453 e. The SMILES string of the molecule is COC(=O)Nc1nc2c(s1)CN(C(=O)CCS(=O)(=O)c1ccccc1)CC2. The Bertz CT molecular complexity index is 941. The number of nitrogens with one attached hydrogen (secondary N) is 1. The Labute approximate surface area is 161 Å². The molecule has 0 spiro atoms. The van der Waals surface area contributed by atoms with Gasteiger partial charge in [-0.05, 0) is 12.1 Å². The molecule has 3 rings (SSSR count). The Hall–Kier alpha value is -2.46. The number of carbonyl (C=O) groups is 2. The molecule has 2 amide bonds. The minimum absolute atomic E-state index is 0.0708. The third-order valence-corrected chi connectivity index (χ3v) is 6.90. The van der Waals surface area contributed by atoms with Crippen molar-refractivity contribution < 1.29 is 22.7 Å². The lowest BCUT2D eigenvalue weighted by molar-refractivity contribution is -0.131. The van der Waals surface area contributed by atoms with Gasteiger partial charge in [0.1, 0.15) is 0 Å². The maximum absolute atomic E-state index is 12.5. The maximum atomic E-state index is 12.5. The summed E-state index contributed by atoms with van der Waals surface area (Å²) in [7, 11) is -2.21. The van der Waals surface area contributed by atoms with Gasteiger partial charge in [-0.25, -0.2) is 18.2 Å².